The summed E-state index contributed by atoms with van der Waals surface area (Å²) < 4.78 is 6.33. The van der Waals surface area contributed by atoms with Crippen molar-refractivity contribution in [2.24, 2.45) is 0 Å². The SMILES string of the molecule is CNC1(c2nc3c(s2)CCCC3)CC(C)(C)OC1(C)C. The molecule has 0 radical (unpaired) electrons. The van der Waals surface area contributed by atoms with Crippen molar-refractivity contribution in [3.05, 3.63) is 15.6 Å². The highest BCUT2D eigenvalue weighted by Gasteiger charge is 2.59. The molecule has 1 aliphatic carbocycles. The van der Waals surface area contributed by atoms with Gasteiger partial charge in [-0.1, -0.05) is 0 Å². The second-order valence-corrected chi connectivity index (χ2v) is 8.38. The molecule has 2 aliphatic rings. The molecule has 2 heterocycles. The minimum absolute atomic E-state index is 0.112. The van der Waals surface area contributed by atoms with Gasteiger partial charge in [-0.25, -0.2) is 4.98 Å². The Bertz CT molecular complexity index is 497. The van der Waals surface area contributed by atoms with E-state index in [2.05, 4.69) is 33.0 Å². The normalized spacial score (nSPS) is 31.2. The Balaban J connectivity index is 2.07. The number of ether oxygens (including phenoxy) is 1. The monoisotopic (exact) mass is 294 g/mol. The molecule has 1 fully saturated rings. The third-order valence-electron chi connectivity index (χ3n) is 4.89. The van der Waals surface area contributed by atoms with Crippen molar-refractivity contribution >= 4 is 11.3 Å². The quantitative estimate of drug-likeness (QED) is 0.907. The molecule has 1 saturated heterocycles. The summed E-state index contributed by atoms with van der Waals surface area (Å²) in [4.78, 5) is 6.51. The van der Waals surface area contributed by atoms with Crippen LogP contribution in [0.5, 0.6) is 0 Å². The highest BCUT2D eigenvalue weighted by molar-refractivity contribution is 7.12. The number of hydrogen-bond acceptors (Lipinski definition) is 4. The average Bonchev–Trinajstić information content (AvgIpc) is 2.85. The number of nitrogens with one attached hydrogen (secondary N) is 1. The molecule has 1 aromatic rings. The largest absolute Gasteiger partial charge is 0.367 e. The van der Waals surface area contributed by atoms with Gasteiger partial charge in [-0.15, -0.1) is 11.3 Å². The Morgan fingerprint density at radius 2 is 1.85 bits per heavy atom. The fourth-order valence-electron chi connectivity index (χ4n) is 4.03. The van der Waals surface area contributed by atoms with E-state index in [0.29, 0.717) is 0 Å². The summed E-state index contributed by atoms with van der Waals surface area (Å²) in [6.07, 6.45) is 5.92. The predicted molar refractivity (Wildman–Crippen MR) is 83.4 cm³/mol. The molecule has 1 aliphatic heterocycles. The number of likely N-dealkylation sites (N-methyl/N-ethyl adjacent to an activating group) is 1. The molecule has 0 spiro atoms. The number of nitrogens with zero attached hydrogens (tertiary/aromatic N) is 1. The maximum atomic E-state index is 6.33. The number of aryl methyl sites for hydroxylation is 2. The van der Waals surface area contributed by atoms with E-state index < -0.39 is 0 Å². The first-order valence-electron chi connectivity index (χ1n) is 7.68. The van der Waals surface area contributed by atoms with Crippen LogP contribution in [0, 0.1) is 0 Å². The van der Waals surface area contributed by atoms with Gasteiger partial charge >= 0.3 is 0 Å². The molecule has 20 heavy (non-hydrogen) atoms. The van der Waals surface area contributed by atoms with Gasteiger partial charge < -0.3 is 10.1 Å². The van der Waals surface area contributed by atoms with E-state index in [-0.39, 0.29) is 16.7 Å². The van der Waals surface area contributed by atoms with Gasteiger partial charge in [0.25, 0.3) is 0 Å². The smallest absolute Gasteiger partial charge is 0.116 e. The number of thiazole rings is 1. The van der Waals surface area contributed by atoms with E-state index in [1.54, 1.807) is 0 Å². The van der Waals surface area contributed by atoms with Crippen molar-refractivity contribution in [2.45, 2.75) is 76.5 Å². The molecule has 0 aromatic carbocycles. The number of hydrogen-bond donors (Lipinski definition) is 1. The summed E-state index contributed by atoms with van der Waals surface area (Å²) in [6, 6.07) is 0. The molecular weight excluding hydrogens is 268 g/mol. The molecule has 0 amide bonds. The van der Waals surface area contributed by atoms with Crippen molar-refractivity contribution in [3.63, 3.8) is 0 Å². The van der Waals surface area contributed by atoms with Crippen LogP contribution in [0.1, 0.15) is 62.5 Å². The van der Waals surface area contributed by atoms with Crippen molar-refractivity contribution in [1.29, 1.82) is 0 Å². The number of fused-ring (bicyclic) bond motifs is 1. The van der Waals surface area contributed by atoms with Gasteiger partial charge in [0.15, 0.2) is 0 Å². The lowest BCUT2D eigenvalue weighted by Crippen LogP contribution is -2.53. The van der Waals surface area contributed by atoms with E-state index >= 15 is 0 Å². The zero-order valence-corrected chi connectivity index (χ0v) is 14.1. The molecule has 1 N–H and O–H groups in total. The number of aromatic nitrogens is 1. The highest BCUT2D eigenvalue weighted by Crippen LogP contribution is 2.52. The van der Waals surface area contributed by atoms with Gasteiger partial charge in [-0.3, -0.25) is 0 Å². The fraction of sp³-hybridized carbons (Fsp3) is 0.812. The summed E-state index contributed by atoms with van der Waals surface area (Å²) in [5.74, 6) is 0. The molecule has 3 rings (SSSR count). The maximum Gasteiger partial charge on any atom is 0.116 e. The lowest BCUT2D eigenvalue weighted by atomic mass is 9.79. The van der Waals surface area contributed by atoms with Gasteiger partial charge in [0.1, 0.15) is 10.5 Å². The molecule has 3 nitrogen and oxygen atoms in total. The molecule has 112 valence electrons. The fourth-order valence-corrected chi connectivity index (χ4v) is 5.52. The summed E-state index contributed by atoms with van der Waals surface area (Å²) in [5, 5.41) is 4.80. The summed E-state index contributed by atoms with van der Waals surface area (Å²) >= 11 is 1.91. The van der Waals surface area contributed by atoms with Gasteiger partial charge in [0, 0.05) is 11.3 Å². The zero-order chi connectivity index (χ0) is 14.6. The van der Waals surface area contributed by atoms with Gasteiger partial charge in [-0.05, 0) is 60.4 Å². The Hall–Kier alpha value is -0.450. The number of rotatable bonds is 2. The first kappa shape index (κ1) is 14.5. The van der Waals surface area contributed by atoms with Crippen LogP contribution in [0.4, 0.5) is 0 Å². The molecule has 1 unspecified atom stereocenters. The Kier molecular flexibility index (Phi) is 3.27. The molecule has 1 aromatic heterocycles. The van der Waals surface area contributed by atoms with Crippen molar-refractivity contribution < 1.29 is 4.74 Å². The molecule has 0 bridgehead atoms. The second-order valence-electron chi connectivity index (χ2n) is 7.30. The van der Waals surface area contributed by atoms with Gasteiger partial charge in [0.2, 0.25) is 0 Å². The minimum atomic E-state index is -0.244. The third kappa shape index (κ3) is 2.04. The lowest BCUT2D eigenvalue weighted by Gasteiger charge is -2.38. The van der Waals surface area contributed by atoms with E-state index in [1.807, 2.05) is 18.4 Å². The van der Waals surface area contributed by atoms with Crippen LogP contribution < -0.4 is 5.32 Å². The molecule has 1 atom stereocenters. The zero-order valence-electron chi connectivity index (χ0n) is 13.3. The van der Waals surface area contributed by atoms with Crippen molar-refractivity contribution in [3.8, 4) is 0 Å². The van der Waals surface area contributed by atoms with Crippen LogP contribution in [-0.4, -0.2) is 23.2 Å². The van der Waals surface area contributed by atoms with Crippen LogP contribution in [0.3, 0.4) is 0 Å². The third-order valence-corrected chi connectivity index (χ3v) is 6.21. The summed E-state index contributed by atoms with van der Waals surface area (Å²) in [5.41, 5.74) is 0.814. The minimum Gasteiger partial charge on any atom is -0.367 e. The van der Waals surface area contributed by atoms with E-state index in [1.165, 1.54) is 34.8 Å². The van der Waals surface area contributed by atoms with Gasteiger partial charge in [0.05, 0.1) is 16.9 Å². The maximum absolute atomic E-state index is 6.33. The van der Waals surface area contributed by atoms with Crippen LogP contribution in [-0.2, 0) is 23.1 Å². The van der Waals surface area contributed by atoms with Crippen LogP contribution >= 0.6 is 11.3 Å². The highest BCUT2D eigenvalue weighted by atomic mass is 32.1. The standard InChI is InChI=1S/C16H26N2OS/c1-14(2)10-16(17-5,15(3,4)19-14)13-18-11-8-6-7-9-12(11)20-13/h17H,6-10H2,1-5H3. The lowest BCUT2D eigenvalue weighted by molar-refractivity contribution is -0.0834. The van der Waals surface area contributed by atoms with Crippen molar-refractivity contribution in [1.82, 2.24) is 10.3 Å². The Labute approximate surface area is 126 Å². The van der Waals surface area contributed by atoms with Crippen LogP contribution in [0.2, 0.25) is 0 Å². The first-order valence-corrected chi connectivity index (χ1v) is 8.49. The second kappa shape index (κ2) is 4.52. The van der Waals surface area contributed by atoms with E-state index in [4.69, 9.17) is 9.72 Å². The topological polar surface area (TPSA) is 34.2 Å². The van der Waals surface area contributed by atoms with E-state index in [9.17, 15) is 0 Å². The molecule has 0 saturated carbocycles. The Morgan fingerprint density at radius 1 is 1.15 bits per heavy atom. The average molecular weight is 294 g/mol. The predicted octanol–water partition coefficient (Wildman–Crippen LogP) is 3.41. The van der Waals surface area contributed by atoms with E-state index in [0.717, 1.165) is 12.8 Å². The summed E-state index contributed by atoms with van der Waals surface area (Å²) in [6.45, 7) is 8.75. The Morgan fingerprint density at radius 3 is 2.40 bits per heavy atom. The molecule has 4 heteroatoms. The first-order chi connectivity index (χ1) is 9.30. The van der Waals surface area contributed by atoms with Crippen LogP contribution in [0.15, 0.2) is 0 Å². The van der Waals surface area contributed by atoms with Crippen molar-refractivity contribution in [2.75, 3.05) is 7.05 Å². The summed E-state index contributed by atoms with van der Waals surface area (Å²) in [7, 11) is 2.05. The van der Waals surface area contributed by atoms with Crippen LogP contribution in [0.25, 0.3) is 0 Å². The molecular formula is C16H26N2OS. The van der Waals surface area contributed by atoms with Gasteiger partial charge in [-0.2, -0.15) is 0 Å².